The number of urea groups is 1. The highest BCUT2D eigenvalue weighted by atomic mass is 35.5. The molecule has 2 amide bonds. The molecular weight excluding hydrogens is 336 g/mol. The van der Waals surface area contributed by atoms with E-state index in [1.54, 1.807) is 12.3 Å². The first-order chi connectivity index (χ1) is 12.1. The van der Waals surface area contributed by atoms with Crippen LogP contribution in [0.5, 0.6) is 0 Å². The quantitative estimate of drug-likeness (QED) is 0.873. The maximum absolute atomic E-state index is 12.8. The molecule has 3 rings (SSSR count). The van der Waals surface area contributed by atoms with E-state index >= 15 is 0 Å². The molecule has 0 bridgehead atoms. The number of anilines is 1. The number of pyridine rings is 1. The summed E-state index contributed by atoms with van der Waals surface area (Å²) in [7, 11) is 0. The Labute approximate surface area is 154 Å². The maximum atomic E-state index is 12.8. The molecule has 0 spiro atoms. The van der Waals surface area contributed by atoms with Crippen molar-refractivity contribution in [2.24, 2.45) is 5.92 Å². The van der Waals surface area contributed by atoms with Crippen LogP contribution < -0.4 is 5.32 Å². The molecule has 0 saturated carbocycles. The second-order valence-electron chi connectivity index (χ2n) is 6.51. The number of likely N-dealkylation sites (tertiary alicyclic amines) is 1. The summed E-state index contributed by atoms with van der Waals surface area (Å²) in [5.74, 6) is 0.550. The Balaban J connectivity index is 1.71. The van der Waals surface area contributed by atoms with Crippen LogP contribution in [0, 0.1) is 5.92 Å². The van der Waals surface area contributed by atoms with Gasteiger partial charge in [-0.25, -0.2) is 4.79 Å². The Hall–Kier alpha value is -1.85. The molecule has 1 aliphatic rings. The molecule has 1 atom stereocenters. The highest BCUT2D eigenvalue weighted by Crippen LogP contribution is 2.28. The first-order valence-electron chi connectivity index (χ1n) is 8.93. The predicted octanol–water partition coefficient (Wildman–Crippen LogP) is 4.08. The molecule has 2 heterocycles. The van der Waals surface area contributed by atoms with Gasteiger partial charge in [0.15, 0.2) is 0 Å². The monoisotopic (exact) mass is 360 g/mol. The SMILES string of the molecule is CCN1CC[C@@H](CN(CC)C(=O)Nc2ccc(Cl)c3ncccc23)C1. The van der Waals surface area contributed by atoms with Gasteiger partial charge in [0.1, 0.15) is 0 Å². The molecule has 1 saturated heterocycles. The van der Waals surface area contributed by atoms with Crippen LogP contribution in [0.15, 0.2) is 30.5 Å². The van der Waals surface area contributed by atoms with Gasteiger partial charge in [-0.3, -0.25) is 4.98 Å². The van der Waals surface area contributed by atoms with Crippen molar-refractivity contribution < 1.29 is 4.79 Å². The lowest BCUT2D eigenvalue weighted by molar-refractivity contribution is 0.203. The summed E-state index contributed by atoms with van der Waals surface area (Å²) < 4.78 is 0. The number of rotatable bonds is 5. The normalized spacial score (nSPS) is 17.8. The van der Waals surface area contributed by atoms with Crippen molar-refractivity contribution in [1.82, 2.24) is 14.8 Å². The lowest BCUT2D eigenvalue weighted by Crippen LogP contribution is -2.39. The number of aromatic nitrogens is 1. The standard InChI is InChI=1S/C19H25ClN4O/c1-3-23-11-9-14(12-23)13-24(4-2)19(25)22-17-8-7-16(20)18-15(17)6-5-10-21-18/h5-8,10,14H,3-4,9,11-13H2,1-2H3,(H,22,25)/t14-/m1/s1. The smallest absolute Gasteiger partial charge is 0.321 e. The van der Waals surface area contributed by atoms with Gasteiger partial charge in [-0.2, -0.15) is 0 Å². The zero-order valence-corrected chi connectivity index (χ0v) is 15.6. The van der Waals surface area contributed by atoms with Crippen molar-refractivity contribution in [3.63, 3.8) is 0 Å². The number of hydrogen-bond donors (Lipinski definition) is 1. The zero-order valence-electron chi connectivity index (χ0n) is 14.8. The number of carbonyl (C=O) groups excluding carboxylic acids is 1. The number of benzene rings is 1. The van der Waals surface area contributed by atoms with E-state index in [0.29, 0.717) is 23.0 Å². The van der Waals surface area contributed by atoms with E-state index < -0.39 is 0 Å². The molecule has 1 fully saturated rings. The fourth-order valence-corrected chi connectivity index (χ4v) is 3.67. The van der Waals surface area contributed by atoms with E-state index in [1.165, 1.54) is 0 Å². The molecule has 0 aliphatic carbocycles. The minimum Gasteiger partial charge on any atom is -0.324 e. The lowest BCUT2D eigenvalue weighted by Gasteiger charge is -2.25. The molecule has 0 radical (unpaired) electrons. The van der Waals surface area contributed by atoms with Crippen LogP contribution in [-0.2, 0) is 0 Å². The third-order valence-electron chi connectivity index (χ3n) is 4.93. The number of carbonyl (C=O) groups is 1. The van der Waals surface area contributed by atoms with Gasteiger partial charge in [0.2, 0.25) is 0 Å². The van der Waals surface area contributed by atoms with Gasteiger partial charge in [-0.05, 0) is 56.6 Å². The lowest BCUT2D eigenvalue weighted by atomic mass is 10.1. The first-order valence-corrected chi connectivity index (χ1v) is 9.31. The zero-order chi connectivity index (χ0) is 17.8. The van der Waals surface area contributed by atoms with Crippen LogP contribution >= 0.6 is 11.6 Å². The van der Waals surface area contributed by atoms with Crippen molar-refractivity contribution in [1.29, 1.82) is 0 Å². The summed E-state index contributed by atoms with van der Waals surface area (Å²) in [5, 5.41) is 4.49. The highest BCUT2D eigenvalue weighted by Gasteiger charge is 2.25. The van der Waals surface area contributed by atoms with Crippen LogP contribution in [0.2, 0.25) is 5.02 Å². The Morgan fingerprint density at radius 3 is 2.96 bits per heavy atom. The Kier molecular flexibility index (Phi) is 5.76. The van der Waals surface area contributed by atoms with Crippen molar-refractivity contribution in [3.05, 3.63) is 35.5 Å². The van der Waals surface area contributed by atoms with Crippen LogP contribution in [0.3, 0.4) is 0 Å². The molecule has 0 unspecified atom stereocenters. The minimum atomic E-state index is -0.0649. The second-order valence-corrected chi connectivity index (χ2v) is 6.92. The fraction of sp³-hybridized carbons (Fsp3) is 0.474. The topological polar surface area (TPSA) is 48.5 Å². The summed E-state index contributed by atoms with van der Waals surface area (Å²) in [4.78, 5) is 21.4. The summed E-state index contributed by atoms with van der Waals surface area (Å²) in [5.41, 5.74) is 1.46. The van der Waals surface area contributed by atoms with Gasteiger partial charge >= 0.3 is 6.03 Å². The van der Waals surface area contributed by atoms with Crippen molar-refractivity contribution in [2.45, 2.75) is 20.3 Å². The van der Waals surface area contributed by atoms with Crippen molar-refractivity contribution >= 4 is 34.2 Å². The third kappa shape index (κ3) is 4.05. The van der Waals surface area contributed by atoms with E-state index in [0.717, 1.165) is 43.7 Å². The molecule has 5 nitrogen and oxygen atoms in total. The summed E-state index contributed by atoms with van der Waals surface area (Å²) in [6.45, 7) is 8.99. The molecule has 134 valence electrons. The molecule has 1 aromatic carbocycles. The van der Waals surface area contributed by atoms with E-state index in [2.05, 4.69) is 22.1 Å². The first kappa shape index (κ1) is 18.0. The Bertz CT molecular complexity index is 751. The summed E-state index contributed by atoms with van der Waals surface area (Å²) in [6, 6.07) is 7.33. The molecule has 1 aliphatic heterocycles. The Morgan fingerprint density at radius 2 is 2.24 bits per heavy atom. The van der Waals surface area contributed by atoms with Gasteiger partial charge in [0.05, 0.1) is 16.2 Å². The predicted molar refractivity (Wildman–Crippen MR) is 103 cm³/mol. The van der Waals surface area contributed by atoms with Crippen LogP contribution in [0.25, 0.3) is 10.9 Å². The van der Waals surface area contributed by atoms with E-state index in [9.17, 15) is 4.79 Å². The number of fused-ring (bicyclic) bond motifs is 1. The molecule has 1 N–H and O–H groups in total. The number of hydrogen-bond acceptors (Lipinski definition) is 3. The third-order valence-corrected chi connectivity index (χ3v) is 5.23. The van der Waals surface area contributed by atoms with E-state index in [4.69, 9.17) is 11.6 Å². The minimum absolute atomic E-state index is 0.0649. The summed E-state index contributed by atoms with van der Waals surface area (Å²) >= 11 is 6.21. The van der Waals surface area contributed by atoms with Crippen molar-refractivity contribution in [2.75, 3.05) is 38.0 Å². The summed E-state index contributed by atoms with van der Waals surface area (Å²) in [6.07, 6.45) is 2.86. The van der Waals surface area contributed by atoms with Gasteiger partial charge in [-0.1, -0.05) is 18.5 Å². The largest absolute Gasteiger partial charge is 0.324 e. The number of halogens is 1. The van der Waals surface area contributed by atoms with Gasteiger partial charge in [0, 0.05) is 31.2 Å². The molecule has 25 heavy (non-hydrogen) atoms. The Morgan fingerprint density at radius 1 is 1.40 bits per heavy atom. The average Bonchev–Trinajstić information content (AvgIpc) is 3.10. The van der Waals surface area contributed by atoms with Crippen LogP contribution in [0.4, 0.5) is 10.5 Å². The highest BCUT2D eigenvalue weighted by molar-refractivity contribution is 6.35. The maximum Gasteiger partial charge on any atom is 0.321 e. The number of nitrogens with zero attached hydrogens (tertiary/aromatic N) is 3. The second kappa shape index (κ2) is 8.02. The van der Waals surface area contributed by atoms with E-state index in [-0.39, 0.29) is 6.03 Å². The molecule has 6 heteroatoms. The molecule has 1 aromatic heterocycles. The van der Waals surface area contributed by atoms with Crippen molar-refractivity contribution in [3.8, 4) is 0 Å². The molecule has 2 aromatic rings. The van der Waals surface area contributed by atoms with Crippen LogP contribution in [-0.4, -0.2) is 53.5 Å². The van der Waals surface area contributed by atoms with Gasteiger partial charge < -0.3 is 15.1 Å². The van der Waals surface area contributed by atoms with Crippen LogP contribution in [0.1, 0.15) is 20.3 Å². The fourth-order valence-electron chi connectivity index (χ4n) is 3.46. The van der Waals surface area contributed by atoms with Gasteiger partial charge in [-0.15, -0.1) is 0 Å². The van der Waals surface area contributed by atoms with E-state index in [1.807, 2.05) is 30.0 Å². The number of amides is 2. The average molecular weight is 361 g/mol. The van der Waals surface area contributed by atoms with Gasteiger partial charge in [0.25, 0.3) is 0 Å². The molecular formula is C19H25ClN4O. The number of nitrogens with one attached hydrogen (secondary N) is 1.